The van der Waals surface area contributed by atoms with Gasteiger partial charge in [0.25, 0.3) is 0 Å². The van der Waals surface area contributed by atoms with Gasteiger partial charge in [-0.25, -0.2) is 4.98 Å². The van der Waals surface area contributed by atoms with Crippen LogP contribution in [0.3, 0.4) is 0 Å². The number of amides is 2. The summed E-state index contributed by atoms with van der Waals surface area (Å²) in [7, 11) is 0. The number of carbonyl (C=O) groups is 2. The largest absolute Gasteiger partial charge is 0.333 e. The van der Waals surface area contributed by atoms with Crippen LogP contribution in [0.15, 0.2) is 18.2 Å². The Bertz CT molecular complexity index is 450. The van der Waals surface area contributed by atoms with Crippen molar-refractivity contribution in [1.82, 2.24) is 9.88 Å². The molecule has 2 heterocycles. The van der Waals surface area contributed by atoms with Crippen molar-refractivity contribution in [2.75, 3.05) is 18.4 Å². The van der Waals surface area contributed by atoms with E-state index < -0.39 is 0 Å². The predicted octanol–water partition coefficient (Wildman–Crippen LogP) is 1.30. The van der Waals surface area contributed by atoms with Crippen molar-refractivity contribution in [2.45, 2.75) is 12.8 Å². The van der Waals surface area contributed by atoms with E-state index in [9.17, 15) is 9.59 Å². The molecule has 1 aromatic rings. The summed E-state index contributed by atoms with van der Waals surface area (Å²) < 4.78 is 0. The van der Waals surface area contributed by atoms with Crippen molar-refractivity contribution < 1.29 is 9.59 Å². The Morgan fingerprint density at radius 2 is 2.35 bits per heavy atom. The summed E-state index contributed by atoms with van der Waals surface area (Å²) in [5.41, 5.74) is 0. The third kappa shape index (κ3) is 3.17. The molecule has 90 valence electrons. The van der Waals surface area contributed by atoms with Crippen LogP contribution < -0.4 is 5.32 Å². The smallest absolute Gasteiger partial charge is 0.245 e. The second kappa shape index (κ2) is 5.14. The van der Waals surface area contributed by atoms with Gasteiger partial charge in [-0.2, -0.15) is 0 Å². The number of carbonyl (C=O) groups excluding carboxylic acids is 2. The average molecular weight is 254 g/mol. The molecule has 2 amide bonds. The highest BCUT2D eigenvalue weighted by molar-refractivity contribution is 6.29. The number of likely N-dealkylation sites (tertiary alicyclic amines) is 1. The summed E-state index contributed by atoms with van der Waals surface area (Å²) in [4.78, 5) is 28.4. The fourth-order valence-electron chi connectivity index (χ4n) is 1.70. The van der Waals surface area contributed by atoms with Crippen LogP contribution in [0.25, 0.3) is 0 Å². The van der Waals surface area contributed by atoms with E-state index in [-0.39, 0.29) is 18.4 Å². The normalized spacial score (nSPS) is 15.1. The van der Waals surface area contributed by atoms with Gasteiger partial charge in [-0.05, 0) is 18.6 Å². The molecule has 1 fully saturated rings. The number of pyridine rings is 1. The summed E-state index contributed by atoms with van der Waals surface area (Å²) in [5, 5.41) is 2.92. The molecule has 0 atom stereocenters. The Morgan fingerprint density at radius 1 is 1.53 bits per heavy atom. The van der Waals surface area contributed by atoms with Crippen molar-refractivity contribution in [3.05, 3.63) is 23.4 Å². The van der Waals surface area contributed by atoms with Crippen molar-refractivity contribution in [2.24, 2.45) is 0 Å². The molecule has 2 rings (SSSR count). The van der Waals surface area contributed by atoms with Gasteiger partial charge in [0, 0.05) is 13.0 Å². The zero-order valence-corrected chi connectivity index (χ0v) is 9.91. The maximum atomic E-state index is 11.6. The minimum absolute atomic E-state index is 0.0270. The third-order valence-electron chi connectivity index (χ3n) is 2.49. The molecular formula is C11H12ClN3O2. The first-order valence-corrected chi connectivity index (χ1v) is 5.73. The zero-order chi connectivity index (χ0) is 12.3. The lowest BCUT2D eigenvalue weighted by Gasteiger charge is -2.14. The summed E-state index contributed by atoms with van der Waals surface area (Å²) in [6.45, 7) is 0.724. The zero-order valence-electron chi connectivity index (χ0n) is 9.15. The Kier molecular flexibility index (Phi) is 3.58. The van der Waals surface area contributed by atoms with Crippen molar-refractivity contribution >= 4 is 29.2 Å². The van der Waals surface area contributed by atoms with Crippen LogP contribution >= 0.6 is 11.6 Å². The summed E-state index contributed by atoms with van der Waals surface area (Å²) >= 11 is 5.69. The molecule has 0 radical (unpaired) electrons. The van der Waals surface area contributed by atoms with E-state index in [1.807, 2.05) is 0 Å². The molecule has 0 unspecified atom stereocenters. The highest BCUT2D eigenvalue weighted by atomic mass is 35.5. The third-order valence-corrected chi connectivity index (χ3v) is 2.70. The first kappa shape index (κ1) is 11.9. The van der Waals surface area contributed by atoms with Crippen LogP contribution in [0.4, 0.5) is 5.82 Å². The van der Waals surface area contributed by atoms with Gasteiger partial charge < -0.3 is 10.2 Å². The van der Waals surface area contributed by atoms with Crippen molar-refractivity contribution in [3.8, 4) is 0 Å². The SMILES string of the molecule is O=C(CN1CCCC1=O)Nc1cccc(Cl)n1. The summed E-state index contributed by atoms with van der Waals surface area (Å²) in [6.07, 6.45) is 1.35. The number of anilines is 1. The van der Waals surface area contributed by atoms with Crippen LogP contribution in [-0.4, -0.2) is 34.8 Å². The van der Waals surface area contributed by atoms with Crippen LogP contribution in [0, 0.1) is 0 Å². The van der Waals surface area contributed by atoms with Gasteiger partial charge in [0.05, 0.1) is 6.54 Å². The van der Waals surface area contributed by atoms with E-state index in [1.165, 1.54) is 0 Å². The molecule has 0 aliphatic carbocycles. The fourth-order valence-corrected chi connectivity index (χ4v) is 1.87. The Morgan fingerprint density at radius 3 is 3.00 bits per heavy atom. The molecule has 17 heavy (non-hydrogen) atoms. The highest BCUT2D eigenvalue weighted by Gasteiger charge is 2.22. The maximum absolute atomic E-state index is 11.6. The first-order valence-electron chi connectivity index (χ1n) is 5.35. The molecule has 1 aliphatic rings. The Hall–Kier alpha value is -1.62. The van der Waals surface area contributed by atoms with Gasteiger partial charge in [-0.3, -0.25) is 9.59 Å². The van der Waals surface area contributed by atoms with Gasteiger partial charge in [0.15, 0.2) is 0 Å². The molecule has 1 N–H and O–H groups in total. The van der Waals surface area contributed by atoms with Gasteiger partial charge in [0.1, 0.15) is 11.0 Å². The minimum atomic E-state index is -0.255. The van der Waals surface area contributed by atoms with Crippen molar-refractivity contribution in [1.29, 1.82) is 0 Å². The number of nitrogens with one attached hydrogen (secondary N) is 1. The average Bonchev–Trinajstić information content (AvgIpc) is 2.64. The maximum Gasteiger partial charge on any atom is 0.245 e. The van der Waals surface area contributed by atoms with Crippen LogP contribution in [0.1, 0.15) is 12.8 Å². The predicted molar refractivity (Wildman–Crippen MR) is 63.7 cm³/mol. The molecule has 1 aromatic heterocycles. The van der Waals surface area contributed by atoms with Gasteiger partial charge in [-0.1, -0.05) is 17.7 Å². The lowest BCUT2D eigenvalue weighted by molar-refractivity contribution is -0.131. The molecule has 0 aromatic carbocycles. The molecule has 0 spiro atoms. The van der Waals surface area contributed by atoms with E-state index in [0.29, 0.717) is 23.9 Å². The Labute approximate surface area is 104 Å². The molecule has 1 saturated heterocycles. The summed E-state index contributed by atoms with van der Waals surface area (Å²) in [5.74, 6) is 0.170. The monoisotopic (exact) mass is 253 g/mol. The van der Waals surface area contributed by atoms with E-state index in [1.54, 1.807) is 23.1 Å². The molecule has 0 saturated carbocycles. The second-order valence-corrected chi connectivity index (χ2v) is 4.20. The topological polar surface area (TPSA) is 62.3 Å². The van der Waals surface area contributed by atoms with E-state index in [2.05, 4.69) is 10.3 Å². The van der Waals surface area contributed by atoms with Crippen LogP contribution in [0.5, 0.6) is 0 Å². The Balaban J connectivity index is 1.91. The fraction of sp³-hybridized carbons (Fsp3) is 0.364. The number of aromatic nitrogens is 1. The lowest BCUT2D eigenvalue weighted by Crippen LogP contribution is -2.34. The second-order valence-electron chi connectivity index (χ2n) is 3.81. The lowest BCUT2D eigenvalue weighted by atomic mass is 10.4. The first-order chi connectivity index (χ1) is 8.15. The van der Waals surface area contributed by atoms with Gasteiger partial charge in [-0.15, -0.1) is 0 Å². The van der Waals surface area contributed by atoms with Crippen molar-refractivity contribution in [3.63, 3.8) is 0 Å². The molecule has 6 heteroatoms. The summed E-state index contributed by atoms with van der Waals surface area (Å²) in [6, 6.07) is 4.97. The number of nitrogens with zero attached hydrogens (tertiary/aromatic N) is 2. The molecular weight excluding hydrogens is 242 g/mol. The quantitative estimate of drug-likeness (QED) is 0.826. The number of halogens is 1. The molecule has 5 nitrogen and oxygen atoms in total. The van der Waals surface area contributed by atoms with Crippen LogP contribution in [0.2, 0.25) is 5.15 Å². The number of rotatable bonds is 3. The number of hydrogen-bond acceptors (Lipinski definition) is 3. The molecule has 0 bridgehead atoms. The van der Waals surface area contributed by atoms with Gasteiger partial charge in [0.2, 0.25) is 11.8 Å². The van der Waals surface area contributed by atoms with E-state index in [0.717, 1.165) is 6.42 Å². The van der Waals surface area contributed by atoms with E-state index >= 15 is 0 Å². The molecule has 1 aliphatic heterocycles. The van der Waals surface area contributed by atoms with Crippen LogP contribution in [-0.2, 0) is 9.59 Å². The highest BCUT2D eigenvalue weighted by Crippen LogP contribution is 2.11. The minimum Gasteiger partial charge on any atom is -0.333 e. The van der Waals surface area contributed by atoms with Gasteiger partial charge >= 0.3 is 0 Å². The standard InChI is InChI=1S/C11H12ClN3O2/c12-8-3-1-4-9(13-8)14-10(16)7-15-6-2-5-11(15)17/h1,3-4H,2,5-7H2,(H,13,14,16). The van der Waals surface area contributed by atoms with E-state index in [4.69, 9.17) is 11.6 Å². The number of hydrogen-bond donors (Lipinski definition) is 1.